The lowest BCUT2D eigenvalue weighted by Crippen LogP contribution is -2.31. The van der Waals surface area contributed by atoms with Crippen LogP contribution in [-0.2, 0) is 9.59 Å². The molecule has 0 saturated carbocycles. The smallest absolute Gasteiger partial charge is 0.238 e. The van der Waals surface area contributed by atoms with E-state index in [-0.39, 0.29) is 23.7 Å². The van der Waals surface area contributed by atoms with Crippen LogP contribution in [-0.4, -0.2) is 18.9 Å². The fourth-order valence-electron chi connectivity index (χ4n) is 2.88. The molecule has 1 aliphatic carbocycles. The maximum absolute atomic E-state index is 12.5. The number of nitrogens with zero attached hydrogens (tertiary/aromatic N) is 1. The van der Waals surface area contributed by atoms with Gasteiger partial charge in [0.15, 0.2) is 0 Å². The lowest BCUT2D eigenvalue weighted by atomic mass is 9.85. The molecule has 1 aromatic rings. The first kappa shape index (κ1) is 12.7. The number of rotatable bonds is 2. The normalized spacial score (nSPS) is 24.9. The summed E-state index contributed by atoms with van der Waals surface area (Å²) in [6.45, 7) is 0. The third-order valence-corrected chi connectivity index (χ3v) is 3.99. The van der Waals surface area contributed by atoms with E-state index in [9.17, 15) is 9.59 Å². The summed E-state index contributed by atoms with van der Waals surface area (Å²) in [5.41, 5.74) is 6.75. The first-order valence-corrected chi connectivity index (χ1v) is 6.60. The van der Waals surface area contributed by atoms with Gasteiger partial charge >= 0.3 is 0 Å². The highest BCUT2D eigenvalue weighted by Crippen LogP contribution is 2.40. The minimum Gasteiger partial charge on any atom is -0.497 e. The van der Waals surface area contributed by atoms with Crippen molar-refractivity contribution in [1.82, 2.24) is 0 Å². The number of benzene rings is 1. The predicted molar refractivity (Wildman–Crippen MR) is 75.3 cm³/mol. The van der Waals surface area contributed by atoms with Crippen LogP contribution in [0.1, 0.15) is 12.8 Å². The molecule has 2 amide bonds. The van der Waals surface area contributed by atoms with Crippen molar-refractivity contribution >= 4 is 23.2 Å². The van der Waals surface area contributed by atoms with Crippen LogP contribution in [0, 0.1) is 11.8 Å². The molecule has 1 aliphatic heterocycles. The Kier molecular flexibility index (Phi) is 2.97. The first-order chi connectivity index (χ1) is 9.63. The highest BCUT2D eigenvalue weighted by molar-refractivity contribution is 6.23. The van der Waals surface area contributed by atoms with E-state index in [1.165, 1.54) is 12.0 Å². The zero-order chi connectivity index (χ0) is 14.3. The van der Waals surface area contributed by atoms with Crippen LogP contribution in [0.2, 0.25) is 0 Å². The monoisotopic (exact) mass is 272 g/mol. The number of carbonyl (C=O) groups excluding carboxylic acids is 2. The van der Waals surface area contributed by atoms with Gasteiger partial charge in [-0.05, 0) is 25.0 Å². The van der Waals surface area contributed by atoms with Gasteiger partial charge < -0.3 is 10.5 Å². The van der Waals surface area contributed by atoms with Gasteiger partial charge in [0.05, 0.1) is 30.3 Å². The van der Waals surface area contributed by atoms with Gasteiger partial charge in [-0.25, -0.2) is 4.90 Å². The summed E-state index contributed by atoms with van der Waals surface area (Å²) in [6, 6.07) is 4.99. The van der Waals surface area contributed by atoms with Gasteiger partial charge in [-0.1, -0.05) is 12.2 Å². The van der Waals surface area contributed by atoms with E-state index < -0.39 is 0 Å². The Labute approximate surface area is 117 Å². The van der Waals surface area contributed by atoms with E-state index in [1.807, 2.05) is 12.2 Å². The summed E-state index contributed by atoms with van der Waals surface area (Å²) in [5, 5.41) is 0. The molecule has 0 radical (unpaired) electrons. The van der Waals surface area contributed by atoms with Gasteiger partial charge in [-0.15, -0.1) is 0 Å². The molecule has 1 saturated heterocycles. The summed E-state index contributed by atoms with van der Waals surface area (Å²) in [6.07, 6.45) is 5.17. The minimum absolute atomic E-state index is 0.163. The van der Waals surface area contributed by atoms with Gasteiger partial charge in [-0.2, -0.15) is 0 Å². The predicted octanol–water partition coefficient (Wildman–Crippen LogP) is 1.73. The molecule has 20 heavy (non-hydrogen) atoms. The average Bonchev–Trinajstić information content (AvgIpc) is 2.72. The zero-order valence-corrected chi connectivity index (χ0v) is 11.2. The molecule has 104 valence electrons. The number of fused-ring (bicyclic) bond motifs is 1. The molecule has 5 nitrogen and oxygen atoms in total. The summed E-state index contributed by atoms with van der Waals surface area (Å²) < 4.78 is 5.14. The van der Waals surface area contributed by atoms with Crippen LogP contribution in [0.4, 0.5) is 11.4 Å². The van der Waals surface area contributed by atoms with Crippen LogP contribution in [0.5, 0.6) is 5.75 Å². The number of hydrogen-bond acceptors (Lipinski definition) is 4. The fraction of sp³-hybridized carbons (Fsp3) is 0.333. The number of allylic oxidation sites excluding steroid dienone is 2. The number of nitrogen functional groups attached to an aromatic ring is 1. The van der Waals surface area contributed by atoms with Crippen molar-refractivity contribution in [1.29, 1.82) is 0 Å². The Balaban J connectivity index is 2.02. The van der Waals surface area contributed by atoms with Gasteiger partial charge in [0.1, 0.15) is 5.75 Å². The molecule has 0 aromatic heterocycles. The lowest BCUT2D eigenvalue weighted by Gasteiger charge is -2.17. The number of methoxy groups -OCH3 is 1. The molecule has 0 spiro atoms. The SMILES string of the molecule is COc1ccc(N)c(N2C(=O)C3CC=CCC3C2=O)c1. The molecule has 1 aromatic carbocycles. The Morgan fingerprint density at radius 2 is 1.75 bits per heavy atom. The Morgan fingerprint density at radius 1 is 1.15 bits per heavy atom. The second kappa shape index (κ2) is 4.67. The highest BCUT2D eigenvalue weighted by atomic mass is 16.5. The van der Waals surface area contributed by atoms with Gasteiger partial charge in [0, 0.05) is 6.07 Å². The Morgan fingerprint density at radius 3 is 2.30 bits per heavy atom. The molecule has 1 fully saturated rings. The lowest BCUT2D eigenvalue weighted by molar-refractivity contribution is -0.122. The second-order valence-corrected chi connectivity index (χ2v) is 5.09. The number of carbonyl (C=O) groups is 2. The molecule has 3 rings (SSSR count). The van der Waals surface area contributed by atoms with Crippen molar-refractivity contribution in [3.63, 3.8) is 0 Å². The molecule has 2 atom stereocenters. The molecular formula is C15H16N2O3. The fourth-order valence-corrected chi connectivity index (χ4v) is 2.88. The quantitative estimate of drug-likeness (QED) is 0.505. The Hall–Kier alpha value is -2.30. The summed E-state index contributed by atoms with van der Waals surface area (Å²) >= 11 is 0. The molecule has 2 unspecified atom stereocenters. The number of ether oxygens (including phenoxy) is 1. The average molecular weight is 272 g/mol. The van der Waals surface area contributed by atoms with Crippen molar-refractivity contribution in [2.45, 2.75) is 12.8 Å². The molecule has 1 heterocycles. The molecule has 5 heteroatoms. The standard InChI is InChI=1S/C15H16N2O3/c1-20-9-6-7-12(16)13(8-9)17-14(18)10-4-2-3-5-11(10)15(17)19/h2-3,6-8,10-11H,4-5,16H2,1H3. The maximum Gasteiger partial charge on any atom is 0.238 e. The topological polar surface area (TPSA) is 72.6 Å². The molecule has 2 aliphatic rings. The first-order valence-electron chi connectivity index (χ1n) is 6.60. The van der Waals surface area contributed by atoms with Crippen LogP contribution in [0.3, 0.4) is 0 Å². The molecule has 2 N–H and O–H groups in total. The van der Waals surface area contributed by atoms with E-state index in [1.54, 1.807) is 18.2 Å². The van der Waals surface area contributed by atoms with Crippen molar-refractivity contribution in [2.24, 2.45) is 11.8 Å². The summed E-state index contributed by atoms with van der Waals surface area (Å²) in [4.78, 5) is 26.2. The minimum atomic E-state index is -0.252. The third kappa shape index (κ3) is 1.78. The van der Waals surface area contributed by atoms with Crippen LogP contribution >= 0.6 is 0 Å². The van der Waals surface area contributed by atoms with Gasteiger partial charge in [-0.3, -0.25) is 9.59 Å². The van der Waals surface area contributed by atoms with Gasteiger partial charge in [0.25, 0.3) is 0 Å². The third-order valence-electron chi connectivity index (χ3n) is 3.99. The number of imide groups is 1. The summed E-state index contributed by atoms with van der Waals surface area (Å²) in [7, 11) is 1.53. The number of amides is 2. The highest BCUT2D eigenvalue weighted by Gasteiger charge is 2.48. The van der Waals surface area contributed by atoms with Crippen molar-refractivity contribution in [2.75, 3.05) is 17.7 Å². The van der Waals surface area contributed by atoms with Crippen LogP contribution in [0.15, 0.2) is 30.4 Å². The van der Waals surface area contributed by atoms with E-state index in [0.717, 1.165) is 0 Å². The van der Waals surface area contributed by atoms with E-state index in [0.29, 0.717) is 30.0 Å². The van der Waals surface area contributed by atoms with E-state index in [4.69, 9.17) is 10.5 Å². The molecular weight excluding hydrogens is 256 g/mol. The number of nitrogens with two attached hydrogens (primary N) is 1. The second-order valence-electron chi connectivity index (χ2n) is 5.09. The van der Waals surface area contributed by atoms with Crippen molar-refractivity contribution in [3.8, 4) is 5.75 Å². The largest absolute Gasteiger partial charge is 0.497 e. The van der Waals surface area contributed by atoms with E-state index >= 15 is 0 Å². The van der Waals surface area contributed by atoms with Crippen LogP contribution in [0.25, 0.3) is 0 Å². The van der Waals surface area contributed by atoms with Crippen molar-refractivity contribution < 1.29 is 14.3 Å². The van der Waals surface area contributed by atoms with Crippen LogP contribution < -0.4 is 15.4 Å². The number of anilines is 2. The molecule has 0 bridgehead atoms. The van der Waals surface area contributed by atoms with Crippen molar-refractivity contribution in [3.05, 3.63) is 30.4 Å². The Bertz CT molecular complexity index is 583. The summed E-state index contributed by atoms with van der Waals surface area (Å²) in [5.74, 6) is -0.257. The maximum atomic E-state index is 12.5. The van der Waals surface area contributed by atoms with E-state index in [2.05, 4.69) is 0 Å². The van der Waals surface area contributed by atoms with Gasteiger partial charge in [0.2, 0.25) is 11.8 Å². The number of hydrogen-bond donors (Lipinski definition) is 1. The zero-order valence-electron chi connectivity index (χ0n) is 11.2.